The lowest BCUT2D eigenvalue weighted by Crippen LogP contribution is -2.59. The Bertz CT molecular complexity index is 240. The average molecular weight is 294 g/mol. The summed E-state index contributed by atoms with van der Waals surface area (Å²) in [7, 11) is -1.55. The van der Waals surface area contributed by atoms with E-state index in [1.165, 1.54) is 96.3 Å². The van der Waals surface area contributed by atoms with E-state index in [2.05, 4.69) is 0 Å². The molecular formula is C18H35NSi. The smallest absolute Gasteiger partial charge is 0.132 e. The lowest BCUT2D eigenvalue weighted by Gasteiger charge is -2.50. The minimum absolute atomic E-state index is 0.988. The Morgan fingerprint density at radius 1 is 0.450 bits per heavy atom. The van der Waals surface area contributed by atoms with Crippen molar-refractivity contribution in [2.24, 2.45) is 5.40 Å². The molecule has 3 aliphatic carbocycles. The van der Waals surface area contributed by atoms with E-state index in [0.717, 1.165) is 16.6 Å². The van der Waals surface area contributed by atoms with E-state index in [1.54, 1.807) is 0 Å². The summed E-state index contributed by atoms with van der Waals surface area (Å²) >= 11 is 0. The molecule has 3 rings (SSSR count). The first kappa shape index (κ1) is 15.1. The first-order valence-electron chi connectivity index (χ1n) is 9.60. The average Bonchev–Trinajstić information content (AvgIpc) is 2.56. The van der Waals surface area contributed by atoms with Crippen LogP contribution in [0.15, 0.2) is 0 Å². The highest BCUT2D eigenvalue weighted by Gasteiger charge is 2.50. The maximum absolute atomic E-state index is 7.46. The molecule has 2 N–H and O–H groups in total. The van der Waals surface area contributed by atoms with Gasteiger partial charge in [-0.3, -0.25) is 0 Å². The van der Waals surface area contributed by atoms with Crippen LogP contribution in [0.4, 0.5) is 0 Å². The fourth-order valence-corrected chi connectivity index (χ4v) is 12.0. The maximum atomic E-state index is 7.46. The van der Waals surface area contributed by atoms with Crippen molar-refractivity contribution in [3.63, 3.8) is 0 Å². The Morgan fingerprint density at radius 2 is 0.700 bits per heavy atom. The summed E-state index contributed by atoms with van der Waals surface area (Å²) in [5, 5.41) is 7.46. The van der Waals surface area contributed by atoms with Crippen molar-refractivity contribution in [2.45, 2.75) is 113 Å². The van der Waals surface area contributed by atoms with Gasteiger partial charge in [-0.15, -0.1) is 0 Å². The van der Waals surface area contributed by atoms with Crippen molar-refractivity contribution < 1.29 is 0 Å². The zero-order chi connectivity index (χ0) is 13.8. The fraction of sp³-hybridized carbons (Fsp3) is 1.00. The molecule has 0 unspecified atom stereocenters. The van der Waals surface area contributed by atoms with Crippen LogP contribution in [-0.4, -0.2) is 8.24 Å². The van der Waals surface area contributed by atoms with Crippen LogP contribution in [0.1, 0.15) is 96.3 Å². The molecule has 3 saturated carbocycles. The van der Waals surface area contributed by atoms with Gasteiger partial charge in [-0.05, 0) is 16.6 Å². The highest BCUT2D eigenvalue weighted by Crippen LogP contribution is 2.53. The molecule has 0 radical (unpaired) electrons. The van der Waals surface area contributed by atoms with E-state index in [4.69, 9.17) is 5.40 Å². The zero-order valence-electron chi connectivity index (χ0n) is 13.4. The van der Waals surface area contributed by atoms with Gasteiger partial charge in [0.25, 0.3) is 0 Å². The normalized spacial score (nSPS) is 28.6. The molecule has 2 heteroatoms. The number of hydrogen-bond donors (Lipinski definition) is 1. The Labute approximate surface area is 127 Å². The van der Waals surface area contributed by atoms with E-state index in [0.29, 0.717) is 0 Å². The van der Waals surface area contributed by atoms with E-state index in [9.17, 15) is 0 Å². The van der Waals surface area contributed by atoms with Gasteiger partial charge in [-0.25, -0.2) is 0 Å². The first-order chi connectivity index (χ1) is 9.82. The number of nitrogens with two attached hydrogens (primary N) is 1. The summed E-state index contributed by atoms with van der Waals surface area (Å²) in [6.07, 6.45) is 22.3. The Kier molecular flexibility index (Phi) is 5.25. The van der Waals surface area contributed by atoms with Gasteiger partial charge in [0.1, 0.15) is 8.24 Å². The number of rotatable bonds is 3. The third-order valence-electron chi connectivity index (χ3n) is 6.94. The lowest BCUT2D eigenvalue weighted by atomic mass is 9.98. The Balaban J connectivity index is 1.79. The molecule has 1 nitrogen and oxygen atoms in total. The molecule has 0 aromatic carbocycles. The summed E-state index contributed by atoms with van der Waals surface area (Å²) in [4.78, 5) is 0. The largest absolute Gasteiger partial charge is 0.350 e. The van der Waals surface area contributed by atoms with Crippen molar-refractivity contribution in [2.75, 3.05) is 0 Å². The highest BCUT2D eigenvalue weighted by molar-refractivity contribution is 6.81. The minimum atomic E-state index is -1.55. The van der Waals surface area contributed by atoms with Crippen LogP contribution < -0.4 is 5.40 Å². The van der Waals surface area contributed by atoms with E-state index < -0.39 is 8.24 Å². The quantitative estimate of drug-likeness (QED) is 0.645. The van der Waals surface area contributed by atoms with Crippen molar-refractivity contribution >= 4 is 8.24 Å². The molecule has 3 aliphatic rings. The first-order valence-corrected chi connectivity index (χ1v) is 11.9. The molecule has 0 aromatic rings. The van der Waals surface area contributed by atoms with Gasteiger partial charge in [0, 0.05) is 0 Å². The predicted octanol–water partition coefficient (Wildman–Crippen LogP) is 5.89. The fourth-order valence-electron chi connectivity index (χ4n) is 5.81. The van der Waals surface area contributed by atoms with Gasteiger partial charge in [0.05, 0.1) is 0 Å². The molecule has 116 valence electrons. The van der Waals surface area contributed by atoms with Crippen LogP contribution in [0, 0.1) is 0 Å². The topological polar surface area (TPSA) is 26.0 Å². The second kappa shape index (κ2) is 6.96. The molecule has 0 amide bonds. The van der Waals surface area contributed by atoms with Crippen molar-refractivity contribution in [3.05, 3.63) is 0 Å². The van der Waals surface area contributed by atoms with Crippen LogP contribution in [-0.2, 0) is 0 Å². The molecule has 0 aromatic heterocycles. The molecule has 0 saturated heterocycles. The lowest BCUT2D eigenvalue weighted by molar-refractivity contribution is 0.414. The molecular weight excluding hydrogens is 258 g/mol. The van der Waals surface area contributed by atoms with Gasteiger partial charge in [0.15, 0.2) is 0 Å². The third kappa shape index (κ3) is 3.01. The van der Waals surface area contributed by atoms with Crippen LogP contribution in [0.25, 0.3) is 0 Å². The second-order valence-corrected chi connectivity index (χ2v) is 12.5. The standard InChI is InChI=1S/C18H35NSi/c19-20(16-10-4-1-5-11-16,17-12-6-2-7-13-17)18-14-8-3-9-15-18/h16-18H,1-15,19H2. The highest BCUT2D eigenvalue weighted by atomic mass is 28.3. The molecule has 3 fully saturated rings. The van der Waals surface area contributed by atoms with Crippen molar-refractivity contribution in [1.82, 2.24) is 0 Å². The molecule has 0 spiro atoms. The summed E-state index contributed by atoms with van der Waals surface area (Å²) in [6.45, 7) is 0. The van der Waals surface area contributed by atoms with Crippen LogP contribution >= 0.6 is 0 Å². The summed E-state index contributed by atoms with van der Waals surface area (Å²) in [5.74, 6) is 0. The van der Waals surface area contributed by atoms with E-state index >= 15 is 0 Å². The summed E-state index contributed by atoms with van der Waals surface area (Å²) in [5.41, 5.74) is 2.97. The molecule has 0 atom stereocenters. The van der Waals surface area contributed by atoms with Crippen LogP contribution in [0.2, 0.25) is 16.6 Å². The second-order valence-electron chi connectivity index (χ2n) is 8.00. The van der Waals surface area contributed by atoms with Gasteiger partial charge in [0.2, 0.25) is 0 Å². The van der Waals surface area contributed by atoms with Gasteiger partial charge in [-0.1, -0.05) is 96.3 Å². The molecule has 0 bridgehead atoms. The van der Waals surface area contributed by atoms with Crippen LogP contribution in [0.5, 0.6) is 0 Å². The van der Waals surface area contributed by atoms with E-state index in [-0.39, 0.29) is 0 Å². The molecule has 0 aliphatic heterocycles. The third-order valence-corrected chi connectivity index (χ3v) is 12.9. The predicted molar refractivity (Wildman–Crippen MR) is 90.4 cm³/mol. The monoisotopic (exact) mass is 293 g/mol. The van der Waals surface area contributed by atoms with Crippen molar-refractivity contribution in [3.8, 4) is 0 Å². The summed E-state index contributed by atoms with van der Waals surface area (Å²) in [6, 6.07) is 0. The van der Waals surface area contributed by atoms with Gasteiger partial charge in [-0.2, -0.15) is 0 Å². The minimum Gasteiger partial charge on any atom is -0.350 e. The molecule has 0 heterocycles. The molecule has 20 heavy (non-hydrogen) atoms. The van der Waals surface area contributed by atoms with E-state index in [1.807, 2.05) is 0 Å². The van der Waals surface area contributed by atoms with Crippen LogP contribution in [0.3, 0.4) is 0 Å². The van der Waals surface area contributed by atoms with Gasteiger partial charge < -0.3 is 5.40 Å². The van der Waals surface area contributed by atoms with Gasteiger partial charge >= 0.3 is 0 Å². The number of hydrogen-bond acceptors (Lipinski definition) is 1. The Hall–Kier alpha value is 0.177. The summed E-state index contributed by atoms with van der Waals surface area (Å²) < 4.78 is 0. The Morgan fingerprint density at radius 3 is 0.950 bits per heavy atom. The van der Waals surface area contributed by atoms with Crippen molar-refractivity contribution in [1.29, 1.82) is 0 Å². The SMILES string of the molecule is N[Si](C1CCCCC1)(C1CCCCC1)C1CCCCC1. The maximum Gasteiger partial charge on any atom is 0.132 e. The zero-order valence-corrected chi connectivity index (χ0v) is 14.4.